The zero-order valence-corrected chi connectivity index (χ0v) is 16.2. The van der Waals surface area contributed by atoms with Crippen molar-refractivity contribution in [2.24, 2.45) is 0 Å². The van der Waals surface area contributed by atoms with Gasteiger partial charge in [-0.2, -0.15) is 0 Å². The SMILES string of the molecule is CN1CCN(C(=O)c2nc(C(=O)Nc3cccc(Cl)c3)n3ccccc23)CC1. The lowest BCUT2D eigenvalue weighted by molar-refractivity contribution is 0.0661. The summed E-state index contributed by atoms with van der Waals surface area (Å²) in [6.45, 7) is 2.93. The van der Waals surface area contributed by atoms with Gasteiger partial charge >= 0.3 is 0 Å². The van der Waals surface area contributed by atoms with E-state index in [4.69, 9.17) is 11.6 Å². The van der Waals surface area contributed by atoms with Crippen LogP contribution in [0.25, 0.3) is 5.52 Å². The molecule has 8 heteroatoms. The molecule has 1 aliphatic heterocycles. The molecule has 28 heavy (non-hydrogen) atoms. The predicted molar refractivity (Wildman–Crippen MR) is 108 cm³/mol. The number of amides is 2. The number of carbonyl (C=O) groups excluding carboxylic acids is 2. The fourth-order valence-electron chi connectivity index (χ4n) is 3.27. The standard InChI is InChI=1S/C20H20ClN5O2/c1-24-9-11-25(12-10-24)20(28)17-16-7-2-3-8-26(16)18(23-17)19(27)22-15-6-4-5-14(21)13-15/h2-8,13H,9-12H2,1H3,(H,22,27). The van der Waals surface area contributed by atoms with Crippen LogP contribution in [-0.4, -0.2) is 64.2 Å². The summed E-state index contributed by atoms with van der Waals surface area (Å²) in [5.41, 5.74) is 1.47. The van der Waals surface area contributed by atoms with Crippen molar-refractivity contribution in [2.45, 2.75) is 0 Å². The fourth-order valence-corrected chi connectivity index (χ4v) is 3.46. The van der Waals surface area contributed by atoms with Crippen LogP contribution in [0.2, 0.25) is 5.02 Å². The topological polar surface area (TPSA) is 69.9 Å². The maximum Gasteiger partial charge on any atom is 0.292 e. The van der Waals surface area contributed by atoms with Gasteiger partial charge in [-0.1, -0.05) is 23.7 Å². The minimum Gasteiger partial charge on any atom is -0.335 e. The molecule has 144 valence electrons. The molecule has 0 spiro atoms. The number of likely N-dealkylation sites (N-methyl/N-ethyl adjacent to an activating group) is 1. The number of anilines is 1. The Hall–Kier alpha value is -2.90. The number of aromatic nitrogens is 2. The van der Waals surface area contributed by atoms with E-state index in [1.165, 1.54) is 0 Å². The predicted octanol–water partition coefficient (Wildman–Crippen LogP) is 2.63. The van der Waals surface area contributed by atoms with Crippen LogP contribution >= 0.6 is 11.6 Å². The summed E-state index contributed by atoms with van der Waals surface area (Å²) in [7, 11) is 2.03. The van der Waals surface area contributed by atoms with Crippen LogP contribution in [0.3, 0.4) is 0 Å². The first-order chi connectivity index (χ1) is 13.5. The molecule has 0 radical (unpaired) electrons. The Labute approximate surface area is 167 Å². The van der Waals surface area contributed by atoms with Crippen molar-refractivity contribution in [1.29, 1.82) is 0 Å². The number of halogens is 1. The first-order valence-electron chi connectivity index (χ1n) is 9.05. The van der Waals surface area contributed by atoms with E-state index in [9.17, 15) is 9.59 Å². The number of nitrogens with zero attached hydrogens (tertiary/aromatic N) is 4. The van der Waals surface area contributed by atoms with Crippen LogP contribution in [0, 0.1) is 0 Å². The van der Waals surface area contributed by atoms with Crippen LogP contribution in [0.5, 0.6) is 0 Å². The molecule has 3 heterocycles. The Morgan fingerprint density at radius 2 is 1.86 bits per heavy atom. The van der Waals surface area contributed by atoms with Crippen LogP contribution in [0.4, 0.5) is 5.69 Å². The summed E-state index contributed by atoms with van der Waals surface area (Å²) < 4.78 is 1.64. The molecule has 0 atom stereocenters. The number of imidazole rings is 1. The molecular formula is C20H20ClN5O2. The highest BCUT2D eigenvalue weighted by Gasteiger charge is 2.27. The smallest absolute Gasteiger partial charge is 0.292 e. The second-order valence-corrected chi connectivity index (χ2v) is 7.24. The highest BCUT2D eigenvalue weighted by Crippen LogP contribution is 2.19. The van der Waals surface area contributed by atoms with Gasteiger partial charge in [-0.3, -0.25) is 14.0 Å². The van der Waals surface area contributed by atoms with Gasteiger partial charge in [-0.15, -0.1) is 0 Å². The summed E-state index contributed by atoms with van der Waals surface area (Å²) in [6.07, 6.45) is 1.73. The van der Waals surface area contributed by atoms with Gasteiger partial charge in [0.05, 0.1) is 5.52 Å². The van der Waals surface area contributed by atoms with Gasteiger partial charge in [0.1, 0.15) is 0 Å². The molecule has 0 bridgehead atoms. The summed E-state index contributed by atoms with van der Waals surface area (Å²) in [4.78, 5) is 34.2. The van der Waals surface area contributed by atoms with Gasteiger partial charge < -0.3 is 15.1 Å². The Bertz CT molecular complexity index is 1040. The lowest BCUT2D eigenvalue weighted by Crippen LogP contribution is -2.47. The molecule has 3 aromatic rings. The van der Waals surface area contributed by atoms with Crippen LogP contribution in [-0.2, 0) is 0 Å². The molecule has 2 amide bonds. The van der Waals surface area contributed by atoms with Gasteiger partial charge in [0.25, 0.3) is 11.8 Å². The van der Waals surface area contributed by atoms with Gasteiger partial charge in [-0.25, -0.2) is 4.98 Å². The van der Waals surface area contributed by atoms with Gasteiger partial charge in [0, 0.05) is 43.1 Å². The Balaban J connectivity index is 1.66. The van der Waals surface area contributed by atoms with E-state index in [0.717, 1.165) is 13.1 Å². The average Bonchev–Trinajstić information content (AvgIpc) is 3.08. The third-order valence-electron chi connectivity index (χ3n) is 4.83. The first kappa shape index (κ1) is 18.5. The Morgan fingerprint density at radius 3 is 2.61 bits per heavy atom. The van der Waals surface area contributed by atoms with E-state index in [1.807, 2.05) is 13.1 Å². The number of rotatable bonds is 3. The Kier molecular flexibility index (Phi) is 5.02. The zero-order valence-electron chi connectivity index (χ0n) is 15.4. The maximum absolute atomic E-state index is 13.0. The molecule has 4 rings (SSSR count). The molecule has 0 saturated carbocycles. The van der Waals surface area contributed by atoms with Crippen molar-refractivity contribution in [3.8, 4) is 0 Å². The third kappa shape index (κ3) is 3.58. The van der Waals surface area contributed by atoms with Crippen LogP contribution < -0.4 is 5.32 Å². The Morgan fingerprint density at radius 1 is 1.07 bits per heavy atom. The number of nitrogens with one attached hydrogen (secondary N) is 1. The lowest BCUT2D eigenvalue weighted by Gasteiger charge is -2.32. The minimum absolute atomic E-state index is 0.154. The molecular weight excluding hydrogens is 378 g/mol. The van der Waals surface area contributed by atoms with Crippen molar-refractivity contribution in [1.82, 2.24) is 19.2 Å². The van der Waals surface area contributed by atoms with Crippen molar-refractivity contribution in [2.75, 3.05) is 38.5 Å². The summed E-state index contributed by atoms with van der Waals surface area (Å²) in [5, 5.41) is 3.32. The highest BCUT2D eigenvalue weighted by atomic mass is 35.5. The quantitative estimate of drug-likeness (QED) is 0.737. The summed E-state index contributed by atoms with van der Waals surface area (Å²) >= 11 is 5.99. The van der Waals surface area contributed by atoms with E-state index in [2.05, 4.69) is 15.2 Å². The number of hydrogen-bond donors (Lipinski definition) is 1. The van der Waals surface area contributed by atoms with Gasteiger partial charge in [0.2, 0.25) is 5.82 Å². The molecule has 1 aromatic carbocycles. The molecule has 1 aliphatic rings. The monoisotopic (exact) mass is 397 g/mol. The maximum atomic E-state index is 13.0. The molecule has 1 N–H and O–H groups in total. The van der Waals surface area contributed by atoms with Crippen molar-refractivity contribution < 1.29 is 9.59 Å². The molecule has 1 saturated heterocycles. The van der Waals surface area contributed by atoms with E-state index in [-0.39, 0.29) is 11.7 Å². The number of fused-ring (bicyclic) bond motifs is 1. The number of hydrogen-bond acceptors (Lipinski definition) is 4. The largest absolute Gasteiger partial charge is 0.335 e. The molecule has 0 aliphatic carbocycles. The molecule has 0 unspecified atom stereocenters. The fraction of sp³-hybridized carbons (Fsp3) is 0.250. The van der Waals surface area contributed by atoms with Gasteiger partial charge in [-0.05, 0) is 37.4 Å². The number of benzene rings is 1. The van der Waals surface area contributed by atoms with Crippen LogP contribution in [0.1, 0.15) is 21.1 Å². The van der Waals surface area contributed by atoms with Crippen molar-refractivity contribution >= 4 is 34.6 Å². The zero-order chi connectivity index (χ0) is 19.7. The minimum atomic E-state index is -0.402. The van der Waals surface area contributed by atoms with Crippen molar-refractivity contribution in [3.05, 3.63) is 65.2 Å². The summed E-state index contributed by atoms with van der Waals surface area (Å²) in [5.74, 6) is -0.396. The van der Waals surface area contributed by atoms with E-state index in [0.29, 0.717) is 35.0 Å². The normalized spacial score (nSPS) is 15.0. The second kappa shape index (κ2) is 7.61. The lowest BCUT2D eigenvalue weighted by atomic mass is 10.2. The average molecular weight is 398 g/mol. The summed E-state index contributed by atoms with van der Waals surface area (Å²) in [6, 6.07) is 12.3. The number of pyridine rings is 1. The highest BCUT2D eigenvalue weighted by molar-refractivity contribution is 6.31. The molecule has 2 aromatic heterocycles. The van der Waals surface area contributed by atoms with E-state index >= 15 is 0 Å². The van der Waals surface area contributed by atoms with Crippen molar-refractivity contribution in [3.63, 3.8) is 0 Å². The van der Waals surface area contributed by atoms with E-state index < -0.39 is 5.91 Å². The number of piperazine rings is 1. The van der Waals surface area contributed by atoms with Crippen LogP contribution in [0.15, 0.2) is 48.7 Å². The molecule has 1 fully saturated rings. The first-order valence-corrected chi connectivity index (χ1v) is 9.42. The van der Waals surface area contributed by atoms with E-state index in [1.54, 1.807) is 51.9 Å². The molecule has 7 nitrogen and oxygen atoms in total. The van der Waals surface area contributed by atoms with Gasteiger partial charge in [0.15, 0.2) is 5.69 Å². The third-order valence-corrected chi connectivity index (χ3v) is 5.06. The second-order valence-electron chi connectivity index (χ2n) is 6.80. The number of carbonyl (C=O) groups is 2.